The highest BCUT2D eigenvalue weighted by molar-refractivity contribution is 5.64. The molecule has 4 nitrogen and oxygen atoms in total. The van der Waals surface area contributed by atoms with Crippen molar-refractivity contribution in [2.75, 3.05) is 11.9 Å². The second-order valence-corrected chi connectivity index (χ2v) is 4.66. The summed E-state index contributed by atoms with van der Waals surface area (Å²) in [5.74, 6) is 0.736. The van der Waals surface area contributed by atoms with Crippen molar-refractivity contribution in [2.24, 2.45) is 0 Å². The maximum Gasteiger partial charge on any atom is 0.165 e. The molecule has 0 bridgehead atoms. The van der Waals surface area contributed by atoms with Gasteiger partial charge < -0.3 is 10.1 Å². The molecule has 1 heterocycles. The molecule has 0 atom stereocenters. The van der Waals surface area contributed by atoms with E-state index < -0.39 is 0 Å². The van der Waals surface area contributed by atoms with Gasteiger partial charge in [0.05, 0.1) is 12.3 Å². The van der Waals surface area contributed by atoms with Gasteiger partial charge in [-0.25, -0.2) is 4.39 Å². The molecule has 0 saturated heterocycles. The fourth-order valence-electron chi connectivity index (χ4n) is 1.92. The van der Waals surface area contributed by atoms with Gasteiger partial charge in [0.1, 0.15) is 5.82 Å². The monoisotopic (exact) mass is 261 g/mol. The van der Waals surface area contributed by atoms with Gasteiger partial charge in [-0.1, -0.05) is 0 Å². The lowest BCUT2D eigenvalue weighted by molar-refractivity contribution is 0.321. The zero-order valence-electron chi connectivity index (χ0n) is 10.7. The smallest absolute Gasteiger partial charge is 0.165 e. The molecule has 1 aromatic carbocycles. The van der Waals surface area contributed by atoms with Crippen LogP contribution in [0, 0.1) is 5.82 Å². The molecule has 0 spiro atoms. The molecule has 3 rings (SSSR count). The van der Waals surface area contributed by atoms with Crippen molar-refractivity contribution in [2.45, 2.75) is 25.8 Å². The molecular weight excluding hydrogens is 245 g/mol. The standard InChI is InChI=1S/C14H16FN3O/c1-2-19-13-6-3-9(7-11(13)15)12-8-14(18-17-12)16-10-4-5-10/h3,6-8,10H,2,4-5H2,1H3,(H2,16,17,18). The Hall–Kier alpha value is -2.04. The van der Waals surface area contributed by atoms with E-state index >= 15 is 0 Å². The highest BCUT2D eigenvalue weighted by atomic mass is 19.1. The number of anilines is 1. The summed E-state index contributed by atoms with van der Waals surface area (Å²) in [6, 6.07) is 7.37. The molecule has 0 unspecified atom stereocenters. The van der Waals surface area contributed by atoms with E-state index in [4.69, 9.17) is 4.74 Å². The molecule has 100 valence electrons. The van der Waals surface area contributed by atoms with Crippen molar-refractivity contribution < 1.29 is 9.13 Å². The molecule has 0 aliphatic heterocycles. The molecule has 1 saturated carbocycles. The summed E-state index contributed by atoms with van der Waals surface area (Å²) in [6.45, 7) is 2.29. The number of halogens is 1. The largest absolute Gasteiger partial charge is 0.491 e. The predicted molar refractivity (Wildman–Crippen MR) is 71.8 cm³/mol. The van der Waals surface area contributed by atoms with Crippen LogP contribution >= 0.6 is 0 Å². The lowest BCUT2D eigenvalue weighted by Gasteiger charge is -2.05. The van der Waals surface area contributed by atoms with Crippen LogP contribution in [0.2, 0.25) is 0 Å². The molecule has 1 aliphatic rings. The number of hydrogen-bond acceptors (Lipinski definition) is 3. The van der Waals surface area contributed by atoms with Crippen LogP contribution in [0.4, 0.5) is 10.2 Å². The van der Waals surface area contributed by atoms with Crippen LogP contribution in [-0.4, -0.2) is 22.8 Å². The first-order chi connectivity index (χ1) is 9.26. The maximum absolute atomic E-state index is 13.8. The quantitative estimate of drug-likeness (QED) is 0.869. The zero-order valence-corrected chi connectivity index (χ0v) is 10.7. The second kappa shape index (κ2) is 4.91. The first-order valence-electron chi connectivity index (χ1n) is 6.51. The molecule has 5 heteroatoms. The average molecular weight is 261 g/mol. The van der Waals surface area contributed by atoms with Gasteiger partial charge in [-0.3, -0.25) is 5.10 Å². The Balaban J connectivity index is 1.80. The molecule has 1 fully saturated rings. The minimum absolute atomic E-state index is 0.280. The van der Waals surface area contributed by atoms with Crippen LogP contribution in [0.1, 0.15) is 19.8 Å². The van der Waals surface area contributed by atoms with Crippen LogP contribution in [-0.2, 0) is 0 Å². The number of hydrogen-bond donors (Lipinski definition) is 2. The number of nitrogens with one attached hydrogen (secondary N) is 2. The summed E-state index contributed by atoms with van der Waals surface area (Å²) in [5, 5.41) is 10.4. The lowest BCUT2D eigenvalue weighted by Crippen LogP contribution is -2.00. The zero-order chi connectivity index (χ0) is 13.2. The molecule has 1 aromatic heterocycles. The van der Waals surface area contributed by atoms with Gasteiger partial charge in [0.2, 0.25) is 0 Å². The minimum atomic E-state index is -0.356. The van der Waals surface area contributed by atoms with E-state index in [1.54, 1.807) is 6.07 Å². The molecule has 2 N–H and O–H groups in total. The van der Waals surface area contributed by atoms with Crippen LogP contribution in [0.15, 0.2) is 24.3 Å². The van der Waals surface area contributed by atoms with E-state index in [9.17, 15) is 4.39 Å². The van der Waals surface area contributed by atoms with E-state index in [0.29, 0.717) is 12.6 Å². The number of benzene rings is 1. The number of ether oxygens (including phenoxy) is 1. The Labute approximate surface area is 111 Å². The third-order valence-corrected chi connectivity index (χ3v) is 3.05. The van der Waals surface area contributed by atoms with E-state index in [2.05, 4.69) is 15.5 Å². The Morgan fingerprint density at radius 2 is 2.26 bits per heavy atom. The van der Waals surface area contributed by atoms with Crippen molar-refractivity contribution in [3.8, 4) is 17.0 Å². The summed E-state index contributed by atoms with van der Waals surface area (Å²) in [4.78, 5) is 0. The van der Waals surface area contributed by atoms with Gasteiger partial charge in [-0.05, 0) is 38.0 Å². The minimum Gasteiger partial charge on any atom is -0.491 e. The number of rotatable bonds is 5. The van der Waals surface area contributed by atoms with E-state index in [-0.39, 0.29) is 11.6 Å². The van der Waals surface area contributed by atoms with Crippen LogP contribution < -0.4 is 10.1 Å². The Morgan fingerprint density at radius 3 is 2.95 bits per heavy atom. The number of H-pyrrole nitrogens is 1. The molecular formula is C14H16FN3O. The molecule has 19 heavy (non-hydrogen) atoms. The van der Waals surface area contributed by atoms with Crippen LogP contribution in [0.25, 0.3) is 11.3 Å². The normalized spacial score (nSPS) is 14.4. The highest BCUT2D eigenvalue weighted by Crippen LogP contribution is 2.28. The van der Waals surface area contributed by atoms with Gasteiger partial charge in [0.15, 0.2) is 11.6 Å². The molecule has 0 amide bonds. The molecule has 0 radical (unpaired) electrons. The summed E-state index contributed by atoms with van der Waals surface area (Å²) < 4.78 is 19.0. The summed E-state index contributed by atoms with van der Waals surface area (Å²) in [7, 11) is 0. The SMILES string of the molecule is CCOc1ccc(-c2cc(NC3CC3)n[nH]2)cc1F. The van der Waals surface area contributed by atoms with Gasteiger partial charge in [-0.2, -0.15) is 5.10 Å². The number of aromatic amines is 1. The topological polar surface area (TPSA) is 49.9 Å². The third kappa shape index (κ3) is 2.70. The number of aromatic nitrogens is 2. The Bertz CT molecular complexity index is 578. The van der Waals surface area contributed by atoms with E-state index in [1.165, 1.54) is 18.9 Å². The predicted octanol–water partition coefficient (Wildman–Crippen LogP) is 3.19. The van der Waals surface area contributed by atoms with Crippen molar-refractivity contribution in [3.05, 3.63) is 30.1 Å². The van der Waals surface area contributed by atoms with Gasteiger partial charge in [0, 0.05) is 17.7 Å². The fraction of sp³-hybridized carbons (Fsp3) is 0.357. The highest BCUT2D eigenvalue weighted by Gasteiger charge is 2.21. The summed E-state index contributed by atoms with van der Waals surface area (Å²) in [6.07, 6.45) is 2.39. The van der Waals surface area contributed by atoms with Gasteiger partial charge >= 0.3 is 0 Å². The summed E-state index contributed by atoms with van der Waals surface area (Å²) in [5.41, 5.74) is 1.56. The fourth-order valence-corrected chi connectivity index (χ4v) is 1.92. The first kappa shape index (κ1) is 12.0. The van der Waals surface area contributed by atoms with E-state index in [0.717, 1.165) is 17.1 Å². The first-order valence-corrected chi connectivity index (χ1v) is 6.51. The van der Waals surface area contributed by atoms with Crippen LogP contribution in [0.5, 0.6) is 5.75 Å². The van der Waals surface area contributed by atoms with Crippen molar-refractivity contribution in [1.82, 2.24) is 10.2 Å². The van der Waals surface area contributed by atoms with Crippen molar-refractivity contribution in [3.63, 3.8) is 0 Å². The number of nitrogens with zero attached hydrogens (tertiary/aromatic N) is 1. The van der Waals surface area contributed by atoms with Crippen LogP contribution in [0.3, 0.4) is 0 Å². The summed E-state index contributed by atoms with van der Waals surface area (Å²) >= 11 is 0. The molecule has 1 aliphatic carbocycles. The third-order valence-electron chi connectivity index (χ3n) is 3.05. The van der Waals surface area contributed by atoms with Gasteiger partial charge in [-0.15, -0.1) is 0 Å². The Morgan fingerprint density at radius 1 is 1.42 bits per heavy atom. The van der Waals surface area contributed by atoms with E-state index in [1.807, 2.05) is 19.1 Å². The average Bonchev–Trinajstić information content (AvgIpc) is 3.08. The van der Waals surface area contributed by atoms with Crippen molar-refractivity contribution in [1.29, 1.82) is 0 Å². The Kier molecular flexibility index (Phi) is 3.11. The maximum atomic E-state index is 13.8. The lowest BCUT2D eigenvalue weighted by atomic mass is 10.1. The van der Waals surface area contributed by atoms with Gasteiger partial charge in [0.25, 0.3) is 0 Å². The second-order valence-electron chi connectivity index (χ2n) is 4.66. The van der Waals surface area contributed by atoms with Crippen molar-refractivity contribution >= 4 is 5.82 Å². The molecule has 2 aromatic rings.